The number of carbonyl (C=O) groups is 1. The number of amides is 1. The van der Waals surface area contributed by atoms with Crippen LogP contribution in [0.2, 0.25) is 0 Å². The molecule has 7 heteroatoms. The summed E-state index contributed by atoms with van der Waals surface area (Å²) in [7, 11) is 0. The number of nitrogens with one attached hydrogen (secondary N) is 1. The molecule has 26 heavy (non-hydrogen) atoms. The van der Waals surface area contributed by atoms with E-state index >= 15 is 0 Å². The maximum atomic E-state index is 13.1. The number of carbonyl (C=O) groups excluding carboxylic acids is 1. The van der Waals surface area contributed by atoms with Crippen LogP contribution in [0.15, 0.2) is 48.9 Å². The lowest BCUT2D eigenvalue weighted by atomic mass is 10.00. The van der Waals surface area contributed by atoms with Gasteiger partial charge in [0.15, 0.2) is 5.65 Å². The van der Waals surface area contributed by atoms with Gasteiger partial charge in [0, 0.05) is 12.7 Å². The van der Waals surface area contributed by atoms with Crippen molar-refractivity contribution >= 4 is 17.2 Å². The van der Waals surface area contributed by atoms with Crippen LogP contribution in [0.25, 0.3) is 5.65 Å². The summed E-state index contributed by atoms with van der Waals surface area (Å²) in [5, 5.41) is 10.8. The number of nitrogens with zero attached hydrogens (tertiary/aromatic N) is 4. The molecule has 1 amide bonds. The average Bonchev–Trinajstić information content (AvgIpc) is 3.12. The van der Waals surface area contributed by atoms with Gasteiger partial charge >= 0.3 is 0 Å². The first-order valence-electron chi connectivity index (χ1n) is 8.78. The van der Waals surface area contributed by atoms with Crippen molar-refractivity contribution in [2.75, 3.05) is 11.9 Å². The topological polar surface area (TPSA) is 62.5 Å². The van der Waals surface area contributed by atoms with Crippen molar-refractivity contribution in [3.05, 3.63) is 60.3 Å². The van der Waals surface area contributed by atoms with E-state index in [9.17, 15) is 9.18 Å². The van der Waals surface area contributed by atoms with E-state index in [1.165, 1.54) is 12.1 Å². The van der Waals surface area contributed by atoms with Gasteiger partial charge in [0.25, 0.3) is 0 Å². The fourth-order valence-corrected chi connectivity index (χ4v) is 3.43. The zero-order valence-corrected chi connectivity index (χ0v) is 14.3. The minimum Gasteiger partial charge on any atom is -0.323 e. The van der Waals surface area contributed by atoms with Crippen LogP contribution in [0.1, 0.15) is 24.8 Å². The Morgan fingerprint density at radius 3 is 2.88 bits per heavy atom. The highest BCUT2D eigenvalue weighted by molar-refractivity contribution is 5.94. The van der Waals surface area contributed by atoms with Gasteiger partial charge in [-0.25, -0.2) is 4.39 Å². The third-order valence-corrected chi connectivity index (χ3v) is 4.77. The Hall–Kier alpha value is -2.80. The Morgan fingerprint density at radius 1 is 1.19 bits per heavy atom. The summed E-state index contributed by atoms with van der Waals surface area (Å²) in [4.78, 5) is 15.0. The lowest BCUT2D eigenvalue weighted by molar-refractivity contribution is -0.122. The van der Waals surface area contributed by atoms with Crippen molar-refractivity contribution in [2.24, 2.45) is 0 Å². The maximum absolute atomic E-state index is 13.1. The Kier molecular flexibility index (Phi) is 4.62. The Morgan fingerprint density at radius 2 is 2.04 bits per heavy atom. The third kappa shape index (κ3) is 3.57. The second-order valence-corrected chi connectivity index (χ2v) is 6.61. The highest BCUT2D eigenvalue weighted by Crippen LogP contribution is 2.21. The third-order valence-electron chi connectivity index (χ3n) is 4.77. The van der Waals surface area contributed by atoms with Gasteiger partial charge < -0.3 is 5.32 Å². The van der Waals surface area contributed by atoms with Crippen molar-refractivity contribution in [3.63, 3.8) is 0 Å². The number of anilines is 1. The predicted molar refractivity (Wildman–Crippen MR) is 96.1 cm³/mol. The van der Waals surface area contributed by atoms with E-state index in [0.29, 0.717) is 6.54 Å². The summed E-state index contributed by atoms with van der Waals surface area (Å²) in [6.45, 7) is 1.50. The highest BCUT2D eigenvalue weighted by atomic mass is 19.1. The van der Waals surface area contributed by atoms with Crippen LogP contribution >= 0.6 is 0 Å². The first-order valence-corrected chi connectivity index (χ1v) is 8.78. The Balaban J connectivity index is 1.47. The van der Waals surface area contributed by atoms with Gasteiger partial charge in [0.05, 0.1) is 11.7 Å². The van der Waals surface area contributed by atoms with Gasteiger partial charge in [0.2, 0.25) is 5.91 Å². The quantitative estimate of drug-likeness (QED) is 0.783. The van der Waals surface area contributed by atoms with E-state index in [4.69, 9.17) is 0 Å². The van der Waals surface area contributed by atoms with E-state index < -0.39 is 0 Å². The molecule has 1 unspecified atom stereocenters. The van der Waals surface area contributed by atoms with Crippen LogP contribution in [-0.2, 0) is 11.3 Å². The normalized spacial score (nSPS) is 18.1. The Bertz CT molecular complexity index is 908. The molecule has 1 N–H and O–H groups in total. The van der Waals surface area contributed by atoms with Crippen LogP contribution in [0.3, 0.4) is 0 Å². The monoisotopic (exact) mass is 353 g/mol. The second kappa shape index (κ2) is 7.21. The van der Waals surface area contributed by atoms with Crippen molar-refractivity contribution in [1.29, 1.82) is 0 Å². The number of halogens is 1. The molecule has 1 fully saturated rings. The summed E-state index contributed by atoms with van der Waals surface area (Å²) in [6.07, 6.45) is 6.33. The number of hydrogen-bond donors (Lipinski definition) is 1. The molecule has 0 saturated carbocycles. The number of hydrogen-bond acceptors (Lipinski definition) is 4. The molecule has 1 saturated heterocycles. The predicted octanol–water partition coefficient (Wildman–Crippen LogP) is 2.86. The van der Waals surface area contributed by atoms with Gasteiger partial charge in [0.1, 0.15) is 12.1 Å². The number of benzene rings is 1. The first-order chi connectivity index (χ1) is 12.7. The molecule has 0 spiro atoms. The van der Waals surface area contributed by atoms with Crippen molar-refractivity contribution in [3.8, 4) is 0 Å². The molecule has 4 rings (SSSR count). The van der Waals surface area contributed by atoms with Gasteiger partial charge in [-0.2, -0.15) is 0 Å². The first kappa shape index (κ1) is 16.7. The highest BCUT2D eigenvalue weighted by Gasteiger charge is 2.28. The summed E-state index contributed by atoms with van der Waals surface area (Å²) < 4.78 is 14.9. The smallest absolute Gasteiger partial charge is 0.241 e. The van der Waals surface area contributed by atoms with E-state index in [1.54, 1.807) is 29.1 Å². The van der Waals surface area contributed by atoms with E-state index in [2.05, 4.69) is 20.4 Å². The van der Waals surface area contributed by atoms with Crippen LogP contribution in [0, 0.1) is 5.82 Å². The molecule has 1 aromatic carbocycles. The van der Waals surface area contributed by atoms with Crippen LogP contribution in [0.5, 0.6) is 0 Å². The van der Waals surface area contributed by atoms with Crippen LogP contribution < -0.4 is 5.32 Å². The minimum absolute atomic E-state index is 0.0146. The Labute approximate surface area is 150 Å². The molecule has 2 aromatic heterocycles. The zero-order chi connectivity index (χ0) is 17.9. The van der Waals surface area contributed by atoms with E-state index in [0.717, 1.165) is 42.7 Å². The lowest BCUT2D eigenvalue weighted by Crippen LogP contribution is -2.46. The van der Waals surface area contributed by atoms with Crippen molar-refractivity contribution < 1.29 is 9.18 Å². The second-order valence-electron chi connectivity index (χ2n) is 6.61. The molecular formula is C19H20FN5O. The summed E-state index contributed by atoms with van der Waals surface area (Å²) in [5.41, 5.74) is 2.46. The van der Waals surface area contributed by atoms with Crippen molar-refractivity contribution in [2.45, 2.75) is 31.8 Å². The lowest BCUT2D eigenvalue weighted by Gasteiger charge is -2.34. The van der Waals surface area contributed by atoms with Crippen LogP contribution in [0.4, 0.5) is 10.1 Å². The van der Waals surface area contributed by atoms with Gasteiger partial charge in [-0.15, -0.1) is 10.2 Å². The molecule has 0 radical (unpaired) electrons. The number of rotatable bonds is 4. The fourth-order valence-electron chi connectivity index (χ4n) is 3.43. The standard InChI is InChI=1S/C19H20FN5O/c20-15-6-4-14(5-7-15)11-24-10-2-1-3-17(24)19(26)22-16-8-9-18-23-21-13-25(18)12-16/h4-9,12-13,17H,1-3,10-11H2,(H,22,26). The molecule has 134 valence electrons. The molecule has 0 aliphatic carbocycles. The summed E-state index contributed by atoms with van der Waals surface area (Å²) in [5.74, 6) is -0.259. The fraction of sp³-hybridized carbons (Fsp3) is 0.316. The van der Waals surface area contributed by atoms with E-state index in [-0.39, 0.29) is 17.8 Å². The number of fused-ring (bicyclic) bond motifs is 1. The van der Waals surface area contributed by atoms with Gasteiger partial charge in [-0.3, -0.25) is 14.1 Å². The summed E-state index contributed by atoms with van der Waals surface area (Å²) in [6, 6.07) is 9.93. The molecule has 3 heterocycles. The van der Waals surface area contributed by atoms with Gasteiger partial charge in [-0.1, -0.05) is 18.6 Å². The van der Waals surface area contributed by atoms with Crippen molar-refractivity contribution in [1.82, 2.24) is 19.5 Å². The average molecular weight is 353 g/mol. The molecule has 0 bridgehead atoms. The zero-order valence-electron chi connectivity index (χ0n) is 14.3. The van der Waals surface area contributed by atoms with Crippen LogP contribution in [-0.4, -0.2) is 38.0 Å². The van der Waals surface area contributed by atoms with E-state index in [1.807, 2.05) is 12.1 Å². The summed E-state index contributed by atoms with van der Waals surface area (Å²) >= 11 is 0. The molecule has 1 aliphatic heterocycles. The van der Waals surface area contributed by atoms with Gasteiger partial charge in [-0.05, 0) is 49.2 Å². The number of pyridine rings is 1. The minimum atomic E-state index is -0.244. The molecular weight excluding hydrogens is 333 g/mol. The number of likely N-dealkylation sites (tertiary alicyclic amines) is 1. The molecule has 1 atom stereocenters. The number of aromatic nitrogens is 3. The maximum Gasteiger partial charge on any atom is 0.241 e. The number of piperidine rings is 1. The molecule has 6 nitrogen and oxygen atoms in total. The molecule has 3 aromatic rings. The SMILES string of the molecule is O=C(Nc1ccc2nncn2c1)C1CCCCN1Cc1ccc(F)cc1. The largest absolute Gasteiger partial charge is 0.323 e. The molecule has 1 aliphatic rings.